The number of piperazine rings is 1. The third kappa shape index (κ3) is 5.32. The first-order valence-corrected chi connectivity index (χ1v) is 13.0. The number of amidine groups is 1. The first-order chi connectivity index (χ1) is 14.8. The number of hydrogen-bond acceptors (Lipinski definition) is 8. The minimum Gasteiger partial charge on any atom is -0.450 e. The number of thioether (sulfide) groups is 1. The Morgan fingerprint density at radius 2 is 1.81 bits per heavy atom. The van der Waals surface area contributed by atoms with E-state index in [1.54, 1.807) is 16.7 Å². The molecule has 0 spiro atoms. The molecule has 9 nitrogen and oxygen atoms in total. The van der Waals surface area contributed by atoms with Gasteiger partial charge in [-0.05, 0) is 24.6 Å². The summed E-state index contributed by atoms with van der Waals surface area (Å²) in [6.07, 6.45) is -0.0230. The van der Waals surface area contributed by atoms with Crippen LogP contribution in [0.4, 0.5) is 10.5 Å². The molecule has 1 N–H and O–H groups in total. The zero-order valence-corrected chi connectivity index (χ0v) is 19.0. The maximum atomic E-state index is 12.6. The van der Waals surface area contributed by atoms with Crippen LogP contribution in [0.15, 0.2) is 29.3 Å². The molecule has 0 unspecified atom stereocenters. The SMILES string of the molecule is CCOC(=O)N1CCN(C(=O)Cc2ccc(NC3=N[C@@H]4CS(=O)(=O)C[C@H]4S3)cc2)CC1. The summed E-state index contributed by atoms with van der Waals surface area (Å²) in [5.74, 6) is 0.353. The molecule has 2 saturated heterocycles. The van der Waals surface area contributed by atoms with Gasteiger partial charge >= 0.3 is 6.09 Å². The summed E-state index contributed by atoms with van der Waals surface area (Å²) >= 11 is 1.48. The molecule has 0 aliphatic carbocycles. The van der Waals surface area contributed by atoms with Crippen molar-refractivity contribution in [3.63, 3.8) is 0 Å². The molecule has 11 heteroatoms. The molecule has 0 bridgehead atoms. The third-order valence-corrected chi connectivity index (χ3v) is 8.68. The van der Waals surface area contributed by atoms with Crippen molar-refractivity contribution in [1.29, 1.82) is 0 Å². The Kier molecular flexibility index (Phi) is 6.42. The Bertz CT molecular complexity index is 972. The molecule has 3 aliphatic heterocycles. The van der Waals surface area contributed by atoms with Crippen molar-refractivity contribution in [3.8, 4) is 0 Å². The van der Waals surface area contributed by atoms with Crippen LogP contribution in [0.1, 0.15) is 12.5 Å². The molecule has 168 valence electrons. The zero-order valence-electron chi connectivity index (χ0n) is 17.3. The second kappa shape index (κ2) is 9.07. The fourth-order valence-corrected chi connectivity index (χ4v) is 7.56. The lowest BCUT2D eigenvalue weighted by atomic mass is 10.1. The summed E-state index contributed by atoms with van der Waals surface area (Å²) in [6.45, 7) is 4.10. The number of carbonyl (C=O) groups is 2. The van der Waals surface area contributed by atoms with E-state index in [0.29, 0.717) is 39.2 Å². The number of nitrogens with zero attached hydrogens (tertiary/aromatic N) is 3. The van der Waals surface area contributed by atoms with Gasteiger partial charge in [0.05, 0.1) is 30.6 Å². The molecule has 2 fully saturated rings. The number of nitrogens with one attached hydrogen (secondary N) is 1. The maximum Gasteiger partial charge on any atom is 0.409 e. The van der Waals surface area contributed by atoms with Crippen LogP contribution in [-0.2, 0) is 25.8 Å². The predicted octanol–water partition coefficient (Wildman–Crippen LogP) is 1.21. The van der Waals surface area contributed by atoms with Gasteiger partial charge in [0.15, 0.2) is 15.0 Å². The van der Waals surface area contributed by atoms with Gasteiger partial charge in [-0.15, -0.1) is 0 Å². The maximum absolute atomic E-state index is 12.6. The first-order valence-electron chi connectivity index (χ1n) is 10.3. The topological polar surface area (TPSA) is 108 Å². The van der Waals surface area contributed by atoms with Gasteiger partial charge in [-0.2, -0.15) is 0 Å². The standard InChI is InChI=1S/C20H26N4O5S2/c1-2-29-20(26)24-9-7-23(8-10-24)18(25)11-14-3-5-15(6-4-14)21-19-22-16-12-31(27,28)13-17(16)30-19/h3-6,16-17H,2,7-13H2,1H3,(H,21,22)/t16-,17-/m1/s1. The number of anilines is 1. The Hall–Kier alpha value is -2.27. The van der Waals surface area contributed by atoms with Crippen LogP contribution in [0.5, 0.6) is 0 Å². The van der Waals surface area contributed by atoms with Crippen molar-refractivity contribution in [2.24, 2.45) is 4.99 Å². The van der Waals surface area contributed by atoms with E-state index in [-0.39, 0.29) is 34.8 Å². The quantitative estimate of drug-likeness (QED) is 0.710. The van der Waals surface area contributed by atoms with Gasteiger partial charge < -0.3 is 19.9 Å². The van der Waals surface area contributed by atoms with Crippen molar-refractivity contribution in [1.82, 2.24) is 9.80 Å². The van der Waals surface area contributed by atoms with E-state index in [4.69, 9.17) is 4.74 Å². The Balaban J connectivity index is 1.26. The summed E-state index contributed by atoms with van der Waals surface area (Å²) in [6, 6.07) is 7.45. The summed E-state index contributed by atoms with van der Waals surface area (Å²) in [5, 5.41) is 3.99. The normalized spacial score (nSPS) is 24.5. The lowest BCUT2D eigenvalue weighted by Crippen LogP contribution is -2.51. The van der Waals surface area contributed by atoms with E-state index in [2.05, 4.69) is 10.3 Å². The molecule has 0 radical (unpaired) electrons. The van der Waals surface area contributed by atoms with Gasteiger partial charge in [-0.3, -0.25) is 9.79 Å². The summed E-state index contributed by atoms with van der Waals surface area (Å²) in [5.41, 5.74) is 1.76. The molecule has 1 aromatic carbocycles. The van der Waals surface area contributed by atoms with E-state index in [1.807, 2.05) is 24.3 Å². The Morgan fingerprint density at radius 1 is 1.13 bits per heavy atom. The highest BCUT2D eigenvalue weighted by atomic mass is 32.2. The average Bonchev–Trinajstić information content (AvgIpc) is 3.22. The Morgan fingerprint density at radius 3 is 2.45 bits per heavy atom. The minimum absolute atomic E-state index is 0.00805. The molecular formula is C20H26N4O5S2. The lowest BCUT2D eigenvalue weighted by Gasteiger charge is -2.34. The van der Waals surface area contributed by atoms with Crippen LogP contribution in [0.25, 0.3) is 0 Å². The number of benzene rings is 1. The number of amides is 2. The number of aliphatic imine (C=N–C) groups is 1. The molecule has 4 rings (SSSR count). The van der Waals surface area contributed by atoms with E-state index in [0.717, 1.165) is 16.4 Å². The molecule has 2 atom stereocenters. The summed E-state index contributed by atoms with van der Waals surface area (Å²) < 4.78 is 28.3. The van der Waals surface area contributed by atoms with Gasteiger partial charge in [0.1, 0.15) is 0 Å². The van der Waals surface area contributed by atoms with Gasteiger partial charge in [0.25, 0.3) is 0 Å². The van der Waals surface area contributed by atoms with Crippen LogP contribution in [-0.4, -0.2) is 91.0 Å². The first kappa shape index (κ1) is 21.9. The van der Waals surface area contributed by atoms with Crippen molar-refractivity contribution in [2.45, 2.75) is 24.6 Å². The van der Waals surface area contributed by atoms with Crippen molar-refractivity contribution in [2.75, 3.05) is 49.6 Å². The molecular weight excluding hydrogens is 440 g/mol. The number of hydrogen-bond donors (Lipinski definition) is 1. The molecule has 31 heavy (non-hydrogen) atoms. The molecule has 2 amide bonds. The fourth-order valence-electron chi connectivity index (χ4n) is 3.89. The van der Waals surface area contributed by atoms with E-state index >= 15 is 0 Å². The number of carbonyl (C=O) groups excluding carboxylic acids is 2. The minimum atomic E-state index is -2.96. The monoisotopic (exact) mass is 466 g/mol. The average molecular weight is 467 g/mol. The highest BCUT2D eigenvalue weighted by Crippen LogP contribution is 2.34. The number of ether oxygens (including phenoxy) is 1. The smallest absolute Gasteiger partial charge is 0.409 e. The van der Waals surface area contributed by atoms with Crippen LogP contribution >= 0.6 is 11.8 Å². The molecule has 1 aromatic rings. The fraction of sp³-hybridized carbons (Fsp3) is 0.550. The third-order valence-electron chi connectivity index (χ3n) is 5.54. The van der Waals surface area contributed by atoms with E-state index in [9.17, 15) is 18.0 Å². The van der Waals surface area contributed by atoms with Gasteiger partial charge in [0, 0.05) is 37.1 Å². The van der Waals surface area contributed by atoms with Gasteiger partial charge in [-0.1, -0.05) is 23.9 Å². The molecule has 3 aliphatic rings. The predicted molar refractivity (Wildman–Crippen MR) is 120 cm³/mol. The lowest BCUT2D eigenvalue weighted by molar-refractivity contribution is -0.132. The van der Waals surface area contributed by atoms with Crippen molar-refractivity contribution >= 4 is 44.5 Å². The van der Waals surface area contributed by atoms with Crippen LogP contribution in [0.3, 0.4) is 0 Å². The molecule has 0 saturated carbocycles. The largest absolute Gasteiger partial charge is 0.450 e. The highest BCUT2D eigenvalue weighted by molar-refractivity contribution is 8.15. The zero-order chi connectivity index (χ0) is 22.0. The van der Waals surface area contributed by atoms with Gasteiger partial charge in [-0.25, -0.2) is 13.2 Å². The van der Waals surface area contributed by atoms with E-state index < -0.39 is 9.84 Å². The number of fused-ring (bicyclic) bond motifs is 1. The summed E-state index contributed by atoms with van der Waals surface area (Å²) in [7, 11) is -2.96. The van der Waals surface area contributed by atoms with Crippen molar-refractivity contribution < 1.29 is 22.7 Å². The molecule has 3 heterocycles. The Labute approximate surface area is 186 Å². The number of rotatable bonds is 4. The second-order valence-corrected chi connectivity index (χ2v) is 11.2. The summed E-state index contributed by atoms with van der Waals surface area (Å²) in [4.78, 5) is 32.3. The van der Waals surface area contributed by atoms with Crippen LogP contribution in [0, 0.1) is 0 Å². The second-order valence-electron chi connectivity index (χ2n) is 7.80. The highest BCUT2D eigenvalue weighted by Gasteiger charge is 2.42. The van der Waals surface area contributed by atoms with E-state index in [1.165, 1.54) is 11.8 Å². The van der Waals surface area contributed by atoms with Crippen LogP contribution < -0.4 is 5.32 Å². The molecule has 0 aromatic heterocycles. The van der Waals surface area contributed by atoms with Gasteiger partial charge in [0.2, 0.25) is 5.91 Å². The number of sulfone groups is 1. The van der Waals surface area contributed by atoms with Crippen LogP contribution in [0.2, 0.25) is 0 Å². The van der Waals surface area contributed by atoms with Crippen molar-refractivity contribution in [3.05, 3.63) is 29.8 Å².